The van der Waals surface area contributed by atoms with Gasteiger partial charge in [0.15, 0.2) is 0 Å². The summed E-state index contributed by atoms with van der Waals surface area (Å²) in [6.07, 6.45) is 3.61. The molecule has 24 heavy (non-hydrogen) atoms. The summed E-state index contributed by atoms with van der Waals surface area (Å²) in [5.41, 5.74) is 1.26. The molecule has 5 heteroatoms. The molecule has 130 valence electrons. The fourth-order valence-corrected chi connectivity index (χ4v) is 4.72. The minimum absolute atomic E-state index is 0.0839. The van der Waals surface area contributed by atoms with Crippen molar-refractivity contribution in [2.45, 2.75) is 31.7 Å². The molecule has 3 rings (SSSR count). The summed E-state index contributed by atoms with van der Waals surface area (Å²) < 4.78 is 0. The third-order valence-electron chi connectivity index (χ3n) is 5.12. The van der Waals surface area contributed by atoms with Crippen LogP contribution in [0, 0.1) is 5.92 Å². The van der Waals surface area contributed by atoms with Crippen molar-refractivity contribution in [2.75, 3.05) is 31.6 Å². The molecule has 0 spiro atoms. The van der Waals surface area contributed by atoms with Crippen LogP contribution in [0.4, 0.5) is 0 Å². The van der Waals surface area contributed by atoms with Crippen LogP contribution < -0.4 is 0 Å². The maximum absolute atomic E-state index is 12.5. The van der Waals surface area contributed by atoms with Gasteiger partial charge in [-0.05, 0) is 42.2 Å². The number of carbonyl (C=O) groups excluding carboxylic acids is 2. The molecule has 0 radical (unpaired) electrons. The smallest absolute Gasteiger partial charge is 0.242 e. The van der Waals surface area contributed by atoms with E-state index in [-0.39, 0.29) is 18.4 Å². The van der Waals surface area contributed by atoms with E-state index in [2.05, 4.69) is 12.1 Å². The zero-order chi connectivity index (χ0) is 16.9. The average molecular weight is 346 g/mol. The first kappa shape index (κ1) is 17.3. The topological polar surface area (TPSA) is 40.6 Å². The van der Waals surface area contributed by atoms with Gasteiger partial charge in [-0.25, -0.2) is 0 Å². The van der Waals surface area contributed by atoms with Crippen molar-refractivity contribution in [1.29, 1.82) is 0 Å². The van der Waals surface area contributed by atoms with Gasteiger partial charge in [0.1, 0.15) is 0 Å². The SMILES string of the molecule is CN(C(=O)CN1C[C@H](Cc2ccccc2)CC1=O)C1CCSCC1. The minimum Gasteiger partial charge on any atom is -0.341 e. The predicted octanol–water partition coefficient (Wildman–Crippen LogP) is 2.43. The van der Waals surface area contributed by atoms with E-state index in [0.717, 1.165) is 30.8 Å². The maximum atomic E-state index is 12.5. The van der Waals surface area contributed by atoms with Gasteiger partial charge < -0.3 is 9.80 Å². The van der Waals surface area contributed by atoms with Crippen LogP contribution in [0.25, 0.3) is 0 Å². The van der Waals surface area contributed by atoms with Crippen molar-refractivity contribution in [2.24, 2.45) is 5.92 Å². The Morgan fingerprint density at radius 2 is 1.96 bits per heavy atom. The highest BCUT2D eigenvalue weighted by molar-refractivity contribution is 7.99. The molecular formula is C19H26N2O2S. The van der Waals surface area contributed by atoms with E-state index >= 15 is 0 Å². The molecule has 2 heterocycles. The van der Waals surface area contributed by atoms with Crippen molar-refractivity contribution in [3.8, 4) is 0 Å². The van der Waals surface area contributed by atoms with Crippen molar-refractivity contribution < 1.29 is 9.59 Å². The Labute approximate surface area is 148 Å². The third-order valence-corrected chi connectivity index (χ3v) is 6.17. The summed E-state index contributed by atoms with van der Waals surface area (Å²) in [6, 6.07) is 10.6. The molecule has 2 saturated heterocycles. The highest BCUT2D eigenvalue weighted by Gasteiger charge is 2.32. The van der Waals surface area contributed by atoms with Gasteiger partial charge in [-0.15, -0.1) is 0 Å². The van der Waals surface area contributed by atoms with Crippen molar-refractivity contribution >= 4 is 23.6 Å². The number of likely N-dealkylation sites (tertiary alicyclic amines) is 1. The number of rotatable bonds is 5. The third kappa shape index (κ3) is 4.32. The van der Waals surface area contributed by atoms with E-state index < -0.39 is 0 Å². The fourth-order valence-electron chi connectivity index (χ4n) is 3.64. The standard InChI is InChI=1S/C19H26N2O2S/c1-20(17-7-9-24-10-8-17)19(23)14-21-13-16(12-18(21)22)11-15-5-3-2-4-6-15/h2-6,16-17H,7-14H2,1H3/t16-/m1/s1. The molecule has 2 aliphatic rings. The molecule has 1 aromatic rings. The summed E-state index contributed by atoms with van der Waals surface area (Å²) in [5, 5.41) is 0. The highest BCUT2D eigenvalue weighted by Crippen LogP contribution is 2.24. The molecule has 0 saturated carbocycles. The summed E-state index contributed by atoms with van der Waals surface area (Å²) in [4.78, 5) is 28.4. The van der Waals surface area contributed by atoms with Gasteiger partial charge in [-0.3, -0.25) is 9.59 Å². The van der Waals surface area contributed by atoms with Gasteiger partial charge in [-0.2, -0.15) is 11.8 Å². The molecule has 0 aliphatic carbocycles. The monoisotopic (exact) mass is 346 g/mol. The molecular weight excluding hydrogens is 320 g/mol. The molecule has 0 N–H and O–H groups in total. The molecule has 1 aromatic carbocycles. The molecule has 0 unspecified atom stereocenters. The Hall–Kier alpha value is -1.49. The number of hydrogen-bond acceptors (Lipinski definition) is 3. The highest BCUT2D eigenvalue weighted by atomic mass is 32.2. The van der Waals surface area contributed by atoms with Gasteiger partial charge >= 0.3 is 0 Å². The van der Waals surface area contributed by atoms with Crippen LogP contribution in [-0.2, 0) is 16.0 Å². The molecule has 4 nitrogen and oxygen atoms in total. The summed E-state index contributed by atoms with van der Waals surface area (Å²) in [6.45, 7) is 0.943. The Morgan fingerprint density at radius 3 is 2.67 bits per heavy atom. The second-order valence-electron chi connectivity index (χ2n) is 6.88. The van der Waals surface area contributed by atoms with E-state index in [0.29, 0.717) is 24.9 Å². The van der Waals surface area contributed by atoms with E-state index in [4.69, 9.17) is 0 Å². The lowest BCUT2D eigenvalue weighted by molar-refractivity contribution is -0.138. The summed E-state index contributed by atoms with van der Waals surface area (Å²) >= 11 is 1.96. The summed E-state index contributed by atoms with van der Waals surface area (Å²) in [7, 11) is 1.89. The van der Waals surface area contributed by atoms with Crippen LogP contribution in [-0.4, -0.2) is 59.3 Å². The fraction of sp³-hybridized carbons (Fsp3) is 0.579. The first-order chi connectivity index (χ1) is 11.6. The number of likely N-dealkylation sites (N-methyl/N-ethyl adjacent to an activating group) is 1. The Bertz CT molecular complexity index is 572. The maximum Gasteiger partial charge on any atom is 0.242 e. The lowest BCUT2D eigenvalue weighted by Crippen LogP contribution is -2.45. The quantitative estimate of drug-likeness (QED) is 0.822. The van der Waals surface area contributed by atoms with Gasteiger partial charge in [0, 0.05) is 26.1 Å². The number of amides is 2. The van der Waals surface area contributed by atoms with Gasteiger partial charge in [0.2, 0.25) is 11.8 Å². The van der Waals surface area contributed by atoms with Crippen molar-refractivity contribution in [1.82, 2.24) is 9.80 Å². The van der Waals surface area contributed by atoms with E-state index in [9.17, 15) is 9.59 Å². The molecule has 2 aliphatic heterocycles. The van der Waals surface area contributed by atoms with E-state index in [1.807, 2.05) is 41.9 Å². The Kier molecular flexibility index (Phi) is 5.82. The first-order valence-electron chi connectivity index (χ1n) is 8.78. The van der Waals surface area contributed by atoms with Gasteiger partial charge in [-0.1, -0.05) is 30.3 Å². The zero-order valence-corrected chi connectivity index (χ0v) is 15.1. The minimum atomic E-state index is 0.0839. The van der Waals surface area contributed by atoms with Crippen LogP contribution >= 0.6 is 11.8 Å². The number of carbonyl (C=O) groups is 2. The second-order valence-corrected chi connectivity index (χ2v) is 8.11. The van der Waals surface area contributed by atoms with Gasteiger partial charge in [0.05, 0.1) is 6.54 Å². The normalized spacial score (nSPS) is 22.0. The van der Waals surface area contributed by atoms with Crippen LogP contribution in [0.3, 0.4) is 0 Å². The number of benzene rings is 1. The molecule has 2 fully saturated rings. The van der Waals surface area contributed by atoms with Gasteiger partial charge in [0.25, 0.3) is 0 Å². The summed E-state index contributed by atoms with van der Waals surface area (Å²) in [5.74, 6) is 2.79. The Morgan fingerprint density at radius 1 is 1.25 bits per heavy atom. The number of hydrogen-bond donors (Lipinski definition) is 0. The lowest BCUT2D eigenvalue weighted by atomic mass is 9.99. The van der Waals surface area contributed by atoms with Crippen LogP contribution in [0.15, 0.2) is 30.3 Å². The lowest BCUT2D eigenvalue weighted by Gasteiger charge is -2.32. The predicted molar refractivity (Wildman–Crippen MR) is 98.0 cm³/mol. The van der Waals surface area contributed by atoms with Crippen LogP contribution in [0.1, 0.15) is 24.8 Å². The number of nitrogens with zero attached hydrogens (tertiary/aromatic N) is 2. The van der Waals surface area contributed by atoms with Crippen LogP contribution in [0.5, 0.6) is 0 Å². The average Bonchev–Trinajstić information content (AvgIpc) is 2.95. The number of thioether (sulfide) groups is 1. The van der Waals surface area contributed by atoms with E-state index in [1.54, 1.807) is 4.90 Å². The molecule has 1 atom stereocenters. The largest absolute Gasteiger partial charge is 0.341 e. The zero-order valence-electron chi connectivity index (χ0n) is 14.3. The second kappa shape index (κ2) is 8.06. The van der Waals surface area contributed by atoms with Crippen molar-refractivity contribution in [3.63, 3.8) is 0 Å². The molecule has 0 aromatic heterocycles. The molecule has 2 amide bonds. The van der Waals surface area contributed by atoms with E-state index in [1.165, 1.54) is 5.56 Å². The van der Waals surface area contributed by atoms with Crippen molar-refractivity contribution in [3.05, 3.63) is 35.9 Å². The first-order valence-corrected chi connectivity index (χ1v) is 9.94. The van der Waals surface area contributed by atoms with Crippen LogP contribution in [0.2, 0.25) is 0 Å². The Balaban J connectivity index is 1.51. The molecule has 0 bridgehead atoms.